The van der Waals surface area contributed by atoms with Crippen LogP contribution in [0.5, 0.6) is 0 Å². The summed E-state index contributed by atoms with van der Waals surface area (Å²) in [6.45, 7) is 0. The van der Waals surface area contributed by atoms with Crippen LogP contribution in [0.15, 0.2) is 53.2 Å². The van der Waals surface area contributed by atoms with Gasteiger partial charge in [-0.3, -0.25) is 0 Å². The Morgan fingerprint density at radius 3 is 1.84 bits per heavy atom. The molecule has 0 aliphatic carbocycles. The van der Waals surface area contributed by atoms with E-state index in [0.29, 0.717) is 0 Å². The van der Waals surface area contributed by atoms with Crippen molar-refractivity contribution >= 4 is 17.0 Å². The third-order valence-corrected chi connectivity index (χ3v) is 2.75. The molecule has 0 aliphatic rings. The molecule has 0 spiro atoms. The SMILES string of the molecule is C[N+](c1ccccc1)=c1ccscc1.[O-][Cl+3]([O-])([O-])[O-]. The van der Waals surface area contributed by atoms with Crippen molar-refractivity contribution in [3.63, 3.8) is 0 Å². The lowest BCUT2D eigenvalue weighted by Crippen LogP contribution is -2.68. The van der Waals surface area contributed by atoms with Crippen LogP contribution in [0.4, 0.5) is 5.69 Å². The van der Waals surface area contributed by atoms with Gasteiger partial charge in [-0.25, -0.2) is 18.6 Å². The Balaban J connectivity index is 0.000000312. The van der Waals surface area contributed by atoms with Gasteiger partial charge >= 0.3 is 0 Å². The molecule has 1 aromatic carbocycles. The van der Waals surface area contributed by atoms with E-state index in [-0.39, 0.29) is 0 Å². The van der Waals surface area contributed by atoms with Crippen molar-refractivity contribution in [2.45, 2.75) is 0 Å². The largest absolute Gasteiger partial charge is 0.222 e. The van der Waals surface area contributed by atoms with Gasteiger partial charge in [0.1, 0.15) is 7.05 Å². The van der Waals surface area contributed by atoms with Crippen molar-refractivity contribution in [3.8, 4) is 0 Å². The highest BCUT2D eigenvalue weighted by molar-refractivity contribution is 7.07. The first kappa shape index (κ1) is 15.8. The van der Waals surface area contributed by atoms with Gasteiger partial charge < -0.3 is 0 Å². The average molecular weight is 302 g/mol. The molecule has 0 radical (unpaired) electrons. The number of rotatable bonds is 1. The molecule has 2 aromatic rings. The molecule has 0 amide bonds. The lowest BCUT2D eigenvalue weighted by atomic mass is 10.3. The zero-order chi connectivity index (χ0) is 14.3. The van der Waals surface area contributed by atoms with E-state index in [2.05, 4.69) is 58.8 Å². The molecule has 102 valence electrons. The zero-order valence-electron chi connectivity index (χ0n) is 10.1. The number of halogens is 1. The van der Waals surface area contributed by atoms with Gasteiger partial charge in [-0.15, -0.1) is 10.2 Å². The fourth-order valence-corrected chi connectivity index (χ4v) is 1.87. The summed E-state index contributed by atoms with van der Waals surface area (Å²) in [5, 5.41) is 5.40. The minimum Gasteiger partial charge on any atom is -0.222 e. The van der Waals surface area contributed by atoms with Crippen LogP contribution < -0.4 is 28.6 Å². The molecule has 0 atom stereocenters. The van der Waals surface area contributed by atoms with E-state index in [4.69, 9.17) is 18.6 Å². The normalized spacial score (nSPS) is 10.4. The van der Waals surface area contributed by atoms with Crippen LogP contribution in [-0.2, 0) is 0 Å². The number of benzene rings is 1. The predicted octanol–water partition coefficient (Wildman–Crippen LogP) is -2.27. The van der Waals surface area contributed by atoms with E-state index in [1.165, 1.54) is 11.0 Å². The number of nitrogens with zero attached hydrogens (tertiary/aromatic N) is 1. The van der Waals surface area contributed by atoms with Crippen LogP contribution in [0.1, 0.15) is 0 Å². The second-order valence-electron chi connectivity index (χ2n) is 3.44. The Kier molecular flexibility index (Phi) is 6.10. The molecule has 0 saturated heterocycles. The Labute approximate surface area is 116 Å². The highest BCUT2D eigenvalue weighted by atomic mass is 35.7. The zero-order valence-corrected chi connectivity index (χ0v) is 11.6. The molecule has 0 N–H and O–H groups in total. The van der Waals surface area contributed by atoms with E-state index in [1.807, 2.05) is 6.07 Å². The lowest BCUT2D eigenvalue weighted by molar-refractivity contribution is -2.00. The Hall–Kier alpha value is -1.28. The second kappa shape index (κ2) is 7.34. The number of para-hydroxylation sites is 1. The lowest BCUT2D eigenvalue weighted by Gasteiger charge is -2.17. The van der Waals surface area contributed by atoms with Crippen LogP contribution >= 0.6 is 11.3 Å². The first-order chi connectivity index (χ1) is 8.88. The summed E-state index contributed by atoms with van der Waals surface area (Å²) in [4.78, 5) is 0. The highest BCUT2D eigenvalue weighted by Crippen LogP contribution is 2.05. The number of hydrogen-bond donors (Lipinski definition) is 0. The Morgan fingerprint density at radius 2 is 1.37 bits per heavy atom. The van der Waals surface area contributed by atoms with E-state index in [1.54, 1.807) is 11.3 Å². The molecule has 2 rings (SSSR count). The van der Waals surface area contributed by atoms with E-state index in [0.717, 1.165) is 0 Å². The van der Waals surface area contributed by atoms with Gasteiger partial charge in [0.25, 0.3) is 0 Å². The molecule has 0 unspecified atom stereocenters. The fraction of sp³-hybridized carbons (Fsp3) is 0.0833. The molecule has 5 nitrogen and oxygen atoms in total. The van der Waals surface area contributed by atoms with Gasteiger partial charge in [-0.2, -0.15) is 15.9 Å². The quantitative estimate of drug-likeness (QED) is 0.555. The monoisotopic (exact) mass is 301 g/mol. The molecule has 1 aromatic heterocycles. The Morgan fingerprint density at radius 1 is 0.895 bits per heavy atom. The maximum Gasteiger partial charge on any atom is 0.207 e. The minimum atomic E-state index is -4.94. The molecule has 1 heterocycles. The predicted molar refractivity (Wildman–Crippen MR) is 61.6 cm³/mol. The molecule has 0 bridgehead atoms. The summed E-state index contributed by atoms with van der Waals surface area (Å²) in [6, 6.07) is 14.6. The third kappa shape index (κ3) is 7.02. The topological polar surface area (TPSA) is 95.2 Å². The van der Waals surface area contributed by atoms with Crippen molar-refractivity contribution < 1.29 is 28.9 Å². The van der Waals surface area contributed by atoms with E-state index in [9.17, 15) is 0 Å². The average Bonchev–Trinajstić information content (AvgIpc) is 2.38. The fourth-order valence-electron chi connectivity index (χ4n) is 1.34. The van der Waals surface area contributed by atoms with Crippen LogP contribution in [0.3, 0.4) is 0 Å². The summed E-state index contributed by atoms with van der Waals surface area (Å²) < 4.78 is 36.1. The molecule has 0 aliphatic heterocycles. The van der Waals surface area contributed by atoms with Crippen molar-refractivity contribution in [1.29, 1.82) is 0 Å². The molecule has 0 fully saturated rings. The maximum atomic E-state index is 8.49. The van der Waals surface area contributed by atoms with Crippen molar-refractivity contribution in [3.05, 3.63) is 58.6 Å². The summed E-state index contributed by atoms with van der Waals surface area (Å²) in [7, 11) is -2.87. The van der Waals surface area contributed by atoms with Gasteiger partial charge in [0.2, 0.25) is 11.0 Å². The van der Waals surface area contributed by atoms with Gasteiger partial charge in [-0.1, -0.05) is 18.2 Å². The van der Waals surface area contributed by atoms with Gasteiger partial charge in [0.05, 0.1) is 0 Å². The Bertz CT molecular complexity index is 542. The summed E-state index contributed by atoms with van der Waals surface area (Å²) in [5.74, 6) is 0. The van der Waals surface area contributed by atoms with E-state index < -0.39 is 10.2 Å². The van der Waals surface area contributed by atoms with Gasteiger partial charge in [0, 0.05) is 24.3 Å². The standard InChI is InChI=1S/C12H12NS.ClHO4/c1-13(11-5-3-2-4-6-11)12-7-9-14-10-8-12;2-1(3,4)5/h2-10H,1H3;(H,2,3,4,5)/q+1;/p-1. The van der Waals surface area contributed by atoms with Crippen LogP contribution in [0.25, 0.3) is 0 Å². The van der Waals surface area contributed by atoms with Crippen molar-refractivity contribution in [1.82, 2.24) is 4.58 Å². The third-order valence-electron chi connectivity index (χ3n) is 2.17. The van der Waals surface area contributed by atoms with E-state index >= 15 is 0 Å². The van der Waals surface area contributed by atoms with Crippen molar-refractivity contribution in [2.24, 2.45) is 0 Å². The number of hydrogen-bond acceptors (Lipinski definition) is 5. The summed E-state index contributed by atoms with van der Waals surface area (Å²) in [5.41, 5.74) is 1.21. The molecule has 19 heavy (non-hydrogen) atoms. The molecular formula is C12H12ClNO4S. The van der Waals surface area contributed by atoms with Crippen molar-refractivity contribution in [2.75, 3.05) is 7.05 Å². The molecular weight excluding hydrogens is 290 g/mol. The smallest absolute Gasteiger partial charge is 0.207 e. The van der Waals surface area contributed by atoms with Crippen LogP contribution in [0.2, 0.25) is 0 Å². The van der Waals surface area contributed by atoms with Gasteiger partial charge in [0.15, 0.2) is 0 Å². The highest BCUT2D eigenvalue weighted by Gasteiger charge is 2.01. The molecule has 7 heteroatoms. The second-order valence-corrected chi connectivity index (χ2v) is 5.01. The van der Waals surface area contributed by atoms with Crippen LogP contribution in [-0.4, -0.2) is 7.05 Å². The van der Waals surface area contributed by atoms with Crippen LogP contribution in [0, 0.1) is 10.2 Å². The first-order valence-corrected chi connectivity index (χ1v) is 7.31. The first-order valence-electron chi connectivity index (χ1n) is 5.14. The molecule has 0 saturated carbocycles. The minimum absolute atomic E-state index is 1.21. The maximum absolute atomic E-state index is 8.49. The summed E-state index contributed by atoms with van der Waals surface area (Å²) >= 11 is 1.70. The summed E-state index contributed by atoms with van der Waals surface area (Å²) in [6.07, 6.45) is 0. The van der Waals surface area contributed by atoms with Gasteiger partial charge in [-0.05, 0) is 10.8 Å².